The molecule has 1 aliphatic rings. The smallest absolute Gasteiger partial charge is 0.277 e. The quantitative estimate of drug-likeness (QED) is 0.854. The third-order valence-corrected chi connectivity index (χ3v) is 4.90. The van der Waals surface area contributed by atoms with Gasteiger partial charge in [0.15, 0.2) is 5.69 Å². The number of carbonyl (C=O) groups excluding carboxylic acids is 2. The lowest BCUT2D eigenvalue weighted by molar-refractivity contribution is -0.132. The SMILES string of the molecule is Cc1oc(-c2ccccc2)nc1C(=O)N1CSCC1C(=O)N(C)C. The Kier molecular flexibility index (Phi) is 4.62. The summed E-state index contributed by atoms with van der Waals surface area (Å²) in [6.07, 6.45) is 0. The maximum atomic E-state index is 12.9. The van der Waals surface area contributed by atoms with Gasteiger partial charge in [0.25, 0.3) is 5.91 Å². The van der Waals surface area contributed by atoms with Crippen molar-refractivity contribution in [2.45, 2.75) is 13.0 Å². The molecule has 0 bridgehead atoms. The Morgan fingerprint density at radius 3 is 2.67 bits per heavy atom. The maximum Gasteiger partial charge on any atom is 0.277 e. The Morgan fingerprint density at radius 1 is 1.29 bits per heavy atom. The summed E-state index contributed by atoms with van der Waals surface area (Å²) < 4.78 is 5.66. The molecule has 0 aliphatic carbocycles. The number of thioether (sulfide) groups is 1. The molecule has 0 spiro atoms. The van der Waals surface area contributed by atoms with Gasteiger partial charge in [0.1, 0.15) is 11.8 Å². The summed E-state index contributed by atoms with van der Waals surface area (Å²) in [4.78, 5) is 32.6. The summed E-state index contributed by atoms with van der Waals surface area (Å²) in [6.45, 7) is 1.72. The fraction of sp³-hybridized carbons (Fsp3) is 0.353. The van der Waals surface area contributed by atoms with Crippen molar-refractivity contribution in [2.75, 3.05) is 25.7 Å². The Balaban J connectivity index is 1.88. The molecule has 0 saturated carbocycles. The van der Waals surface area contributed by atoms with E-state index in [2.05, 4.69) is 4.98 Å². The molecule has 2 aromatic rings. The van der Waals surface area contributed by atoms with Crippen LogP contribution in [0, 0.1) is 6.92 Å². The minimum atomic E-state index is -0.450. The van der Waals surface area contributed by atoms with Crippen molar-refractivity contribution < 1.29 is 14.0 Å². The zero-order chi connectivity index (χ0) is 17.3. The number of rotatable bonds is 3. The van der Waals surface area contributed by atoms with Crippen LogP contribution in [0.4, 0.5) is 0 Å². The van der Waals surface area contributed by atoms with Crippen LogP contribution in [0.5, 0.6) is 0 Å². The van der Waals surface area contributed by atoms with Gasteiger partial charge in [-0.1, -0.05) is 18.2 Å². The highest BCUT2D eigenvalue weighted by molar-refractivity contribution is 7.99. The van der Waals surface area contributed by atoms with Crippen molar-refractivity contribution in [1.82, 2.24) is 14.8 Å². The first-order valence-electron chi connectivity index (χ1n) is 7.61. The second-order valence-electron chi connectivity index (χ2n) is 5.81. The lowest BCUT2D eigenvalue weighted by atomic mass is 10.2. The summed E-state index contributed by atoms with van der Waals surface area (Å²) in [6, 6.07) is 8.99. The van der Waals surface area contributed by atoms with Crippen LogP contribution in [0.2, 0.25) is 0 Å². The molecule has 2 heterocycles. The molecule has 0 N–H and O–H groups in total. The Labute approximate surface area is 144 Å². The molecule has 1 aliphatic heterocycles. The molecule has 1 aromatic heterocycles. The van der Waals surface area contributed by atoms with Gasteiger partial charge in [-0.05, 0) is 19.1 Å². The van der Waals surface area contributed by atoms with Crippen molar-refractivity contribution in [3.8, 4) is 11.5 Å². The Bertz CT molecular complexity index is 758. The summed E-state index contributed by atoms with van der Waals surface area (Å²) in [5, 5.41) is 0. The van der Waals surface area contributed by atoms with Crippen LogP contribution in [0.3, 0.4) is 0 Å². The molecule has 1 fully saturated rings. The molecule has 1 atom stereocenters. The first kappa shape index (κ1) is 16.6. The highest BCUT2D eigenvalue weighted by Crippen LogP contribution is 2.27. The normalized spacial score (nSPS) is 17.1. The van der Waals surface area contributed by atoms with Crippen LogP contribution in [0.15, 0.2) is 34.7 Å². The van der Waals surface area contributed by atoms with Crippen molar-refractivity contribution in [1.29, 1.82) is 0 Å². The van der Waals surface area contributed by atoms with Gasteiger partial charge in [0.05, 0.1) is 5.88 Å². The fourth-order valence-corrected chi connectivity index (χ4v) is 3.73. The van der Waals surface area contributed by atoms with Crippen LogP contribution < -0.4 is 0 Å². The van der Waals surface area contributed by atoms with E-state index < -0.39 is 6.04 Å². The first-order valence-corrected chi connectivity index (χ1v) is 8.77. The van der Waals surface area contributed by atoms with Crippen LogP contribution in [-0.2, 0) is 4.79 Å². The van der Waals surface area contributed by atoms with E-state index in [1.165, 1.54) is 4.90 Å². The predicted octanol–water partition coefficient (Wildman–Crippen LogP) is 2.25. The third-order valence-electron chi connectivity index (χ3n) is 3.89. The van der Waals surface area contributed by atoms with E-state index in [4.69, 9.17) is 4.42 Å². The van der Waals surface area contributed by atoms with Crippen molar-refractivity contribution >= 4 is 23.6 Å². The van der Waals surface area contributed by atoms with Crippen molar-refractivity contribution in [3.05, 3.63) is 41.8 Å². The third kappa shape index (κ3) is 3.03. The number of likely N-dealkylation sites (N-methyl/N-ethyl adjacent to an activating group) is 1. The maximum absolute atomic E-state index is 12.9. The lowest BCUT2D eigenvalue weighted by Gasteiger charge is -2.24. The van der Waals surface area contributed by atoms with E-state index in [0.717, 1.165) is 5.56 Å². The zero-order valence-electron chi connectivity index (χ0n) is 13.9. The van der Waals surface area contributed by atoms with Gasteiger partial charge < -0.3 is 14.2 Å². The van der Waals surface area contributed by atoms with Crippen LogP contribution in [0.1, 0.15) is 16.2 Å². The fourth-order valence-electron chi connectivity index (χ4n) is 2.58. The number of hydrogen-bond acceptors (Lipinski definition) is 5. The Morgan fingerprint density at radius 2 is 2.00 bits per heavy atom. The molecule has 2 amide bonds. The number of benzene rings is 1. The minimum absolute atomic E-state index is 0.0715. The van der Waals surface area contributed by atoms with Gasteiger partial charge in [-0.15, -0.1) is 11.8 Å². The number of carbonyl (C=O) groups is 2. The number of aryl methyl sites for hydroxylation is 1. The Hall–Kier alpha value is -2.28. The minimum Gasteiger partial charge on any atom is -0.441 e. The number of amides is 2. The molecular formula is C17H19N3O3S. The summed E-state index contributed by atoms with van der Waals surface area (Å²) in [5.41, 5.74) is 1.09. The predicted molar refractivity (Wildman–Crippen MR) is 92.7 cm³/mol. The van der Waals surface area contributed by atoms with Crippen molar-refractivity contribution in [2.24, 2.45) is 0 Å². The average molecular weight is 345 g/mol. The van der Waals surface area contributed by atoms with Crippen LogP contribution in [0.25, 0.3) is 11.5 Å². The van der Waals surface area contributed by atoms with Gasteiger partial charge in [-0.2, -0.15) is 0 Å². The van der Waals surface area contributed by atoms with Crippen LogP contribution in [-0.4, -0.2) is 58.4 Å². The largest absolute Gasteiger partial charge is 0.441 e. The highest BCUT2D eigenvalue weighted by atomic mass is 32.2. The summed E-state index contributed by atoms with van der Waals surface area (Å²) >= 11 is 1.57. The molecule has 24 heavy (non-hydrogen) atoms. The lowest BCUT2D eigenvalue weighted by Crippen LogP contribution is -2.47. The van der Waals surface area contributed by atoms with Gasteiger partial charge in [-0.25, -0.2) is 4.98 Å². The summed E-state index contributed by atoms with van der Waals surface area (Å²) in [7, 11) is 3.39. The topological polar surface area (TPSA) is 66.7 Å². The molecule has 3 rings (SSSR count). The van der Waals surface area contributed by atoms with Gasteiger partial charge in [-0.3, -0.25) is 9.59 Å². The average Bonchev–Trinajstić information content (AvgIpc) is 3.21. The highest BCUT2D eigenvalue weighted by Gasteiger charge is 2.37. The molecule has 126 valence electrons. The van der Waals surface area contributed by atoms with E-state index >= 15 is 0 Å². The second-order valence-corrected chi connectivity index (χ2v) is 6.81. The van der Waals surface area contributed by atoms with Crippen molar-refractivity contribution in [3.63, 3.8) is 0 Å². The van der Waals surface area contributed by atoms with Gasteiger partial charge in [0, 0.05) is 25.4 Å². The number of oxazole rings is 1. The first-order chi connectivity index (χ1) is 11.5. The number of hydrogen-bond donors (Lipinski definition) is 0. The molecular weight excluding hydrogens is 326 g/mol. The molecule has 1 aromatic carbocycles. The van der Waals surface area contributed by atoms with Crippen LogP contribution >= 0.6 is 11.8 Å². The van der Waals surface area contributed by atoms with E-state index in [0.29, 0.717) is 23.3 Å². The van der Waals surface area contributed by atoms with E-state index in [1.54, 1.807) is 37.7 Å². The van der Waals surface area contributed by atoms with E-state index in [1.807, 2.05) is 30.3 Å². The summed E-state index contributed by atoms with van der Waals surface area (Å²) in [5.74, 6) is 1.63. The van der Waals surface area contributed by atoms with Gasteiger partial charge >= 0.3 is 0 Å². The molecule has 7 heteroatoms. The standard InChI is InChI=1S/C17H19N3O3S/c1-11-14(18-15(23-11)12-7-5-4-6-8-12)17(22)20-10-24-9-13(20)16(21)19(2)3/h4-8,13H,9-10H2,1-3H3. The second kappa shape index (κ2) is 6.68. The molecule has 1 saturated heterocycles. The molecule has 6 nitrogen and oxygen atoms in total. The van der Waals surface area contributed by atoms with Gasteiger partial charge in [0.2, 0.25) is 11.8 Å². The zero-order valence-corrected chi connectivity index (χ0v) is 14.7. The molecule has 1 unspecified atom stereocenters. The van der Waals surface area contributed by atoms with E-state index in [-0.39, 0.29) is 17.5 Å². The van der Waals surface area contributed by atoms with E-state index in [9.17, 15) is 9.59 Å². The number of aromatic nitrogens is 1. The number of nitrogens with zero attached hydrogens (tertiary/aromatic N) is 3. The monoisotopic (exact) mass is 345 g/mol. The molecule has 0 radical (unpaired) electrons.